The molecule has 0 bridgehead atoms. The standard InChI is InChI=1S/C12H17N3O5S/c1-2-3-10-15(7(6-21-10)11(18)19)12(20)14-4-8(16)13-9(17)5-14/h7,10H,2-6H2,1H3,(H,18,19)(H,13,16,17). The number of carbonyl (C=O) groups is 4. The van der Waals surface area contributed by atoms with Crippen LogP contribution in [0.3, 0.4) is 0 Å². The summed E-state index contributed by atoms with van der Waals surface area (Å²) < 4.78 is 0. The van der Waals surface area contributed by atoms with Crippen LogP contribution in [0.1, 0.15) is 19.8 Å². The molecule has 9 heteroatoms. The van der Waals surface area contributed by atoms with E-state index in [1.54, 1.807) is 0 Å². The van der Waals surface area contributed by atoms with Gasteiger partial charge in [0.05, 0.1) is 5.37 Å². The molecule has 4 amide bonds. The Labute approximate surface area is 125 Å². The summed E-state index contributed by atoms with van der Waals surface area (Å²) in [4.78, 5) is 49.0. The van der Waals surface area contributed by atoms with Crippen LogP contribution in [0.2, 0.25) is 0 Å². The smallest absolute Gasteiger partial charge is 0.327 e. The third kappa shape index (κ3) is 3.29. The first-order chi connectivity index (χ1) is 9.93. The first-order valence-electron chi connectivity index (χ1n) is 6.68. The molecule has 0 saturated carbocycles. The van der Waals surface area contributed by atoms with Crippen LogP contribution in [0.4, 0.5) is 4.79 Å². The molecule has 2 rings (SSSR count). The lowest BCUT2D eigenvalue weighted by Gasteiger charge is -2.34. The van der Waals surface area contributed by atoms with Crippen molar-refractivity contribution in [1.29, 1.82) is 0 Å². The van der Waals surface area contributed by atoms with Gasteiger partial charge in [-0.3, -0.25) is 19.8 Å². The highest BCUT2D eigenvalue weighted by Crippen LogP contribution is 2.33. The number of nitrogens with zero attached hydrogens (tertiary/aromatic N) is 2. The molecule has 2 heterocycles. The van der Waals surface area contributed by atoms with E-state index < -0.39 is 29.9 Å². The highest BCUT2D eigenvalue weighted by molar-refractivity contribution is 8.00. The Bertz CT molecular complexity index is 468. The molecule has 0 aromatic carbocycles. The average Bonchev–Trinajstić information content (AvgIpc) is 2.81. The number of piperazine rings is 1. The van der Waals surface area contributed by atoms with E-state index in [1.807, 2.05) is 6.92 Å². The highest BCUT2D eigenvalue weighted by atomic mass is 32.2. The Morgan fingerprint density at radius 2 is 1.95 bits per heavy atom. The minimum absolute atomic E-state index is 0.225. The van der Waals surface area contributed by atoms with E-state index in [2.05, 4.69) is 5.32 Å². The summed E-state index contributed by atoms with van der Waals surface area (Å²) in [5.41, 5.74) is 0. The topological polar surface area (TPSA) is 107 Å². The number of amides is 4. The van der Waals surface area contributed by atoms with Crippen LogP contribution in [-0.2, 0) is 14.4 Å². The molecule has 116 valence electrons. The Morgan fingerprint density at radius 3 is 2.48 bits per heavy atom. The Hall–Kier alpha value is -1.77. The van der Waals surface area contributed by atoms with Crippen LogP contribution in [0.25, 0.3) is 0 Å². The number of hydrogen-bond acceptors (Lipinski definition) is 5. The van der Waals surface area contributed by atoms with Gasteiger partial charge in [-0.05, 0) is 6.42 Å². The van der Waals surface area contributed by atoms with Gasteiger partial charge < -0.3 is 10.0 Å². The van der Waals surface area contributed by atoms with Crippen LogP contribution in [0.15, 0.2) is 0 Å². The van der Waals surface area contributed by atoms with Crippen LogP contribution in [-0.4, -0.2) is 69.0 Å². The van der Waals surface area contributed by atoms with Crippen molar-refractivity contribution in [2.45, 2.75) is 31.2 Å². The van der Waals surface area contributed by atoms with Gasteiger partial charge in [-0.1, -0.05) is 13.3 Å². The molecular weight excluding hydrogens is 298 g/mol. The van der Waals surface area contributed by atoms with Gasteiger partial charge in [0.1, 0.15) is 19.1 Å². The number of aliphatic carboxylic acids is 1. The number of imide groups is 1. The van der Waals surface area contributed by atoms with Crippen LogP contribution >= 0.6 is 11.8 Å². The Balaban J connectivity index is 2.18. The monoisotopic (exact) mass is 315 g/mol. The summed E-state index contributed by atoms with van der Waals surface area (Å²) >= 11 is 1.42. The Morgan fingerprint density at radius 1 is 1.33 bits per heavy atom. The first kappa shape index (κ1) is 15.6. The molecule has 2 atom stereocenters. The second-order valence-electron chi connectivity index (χ2n) is 4.95. The van der Waals surface area contributed by atoms with E-state index in [9.17, 15) is 24.3 Å². The third-order valence-corrected chi connectivity index (χ3v) is 4.71. The highest BCUT2D eigenvalue weighted by Gasteiger charge is 2.44. The van der Waals surface area contributed by atoms with Crippen LogP contribution in [0.5, 0.6) is 0 Å². The van der Waals surface area contributed by atoms with E-state index in [0.29, 0.717) is 12.2 Å². The fourth-order valence-corrected chi connectivity index (χ4v) is 3.92. The van der Waals surface area contributed by atoms with Gasteiger partial charge in [-0.2, -0.15) is 0 Å². The normalized spacial score (nSPS) is 26.0. The van der Waals surface area contributed by atoms with Crippen molar-refractivity contribution in [2.24, 2.45) is 0 Å². The molecule has 0 aromatic heterocycles. The predicted octanol–water partition coefficient (Wildman–Crippen LogP) is -0.307. The first-order valence-corrected chi connectivity index (χ1v) is 7.73. The van der Waals surface area contributed by atoms with E-state index in [1.165, 1.54) is 16.7 Å². The van der Waals surface area contributed by atoms with Gasteiger partial charge in [-0.25, -0.2) is 9.59 Å². The van der Waals surface area contributed by atoms with Gasteiger partial charge >= 0.3 is 12.0 Å². The lowest BCUT2D eigenvalue weighted by molar-refractivity contribution is -0.141. The molecule has 2 N–H and O–H groups in total. The SMILES string of the molecule is CCCC1SCC(C(=O)O)N1C(=O)N1CC(=O)NC(=O)C1. The molecule has 21 heavy (non-hydrogen) atoms. The minimum Gasteiger partial charge on any atom is -0.480 e. The Kier molecular flexibility index (Phi) is 4.71. The fourth-order valence-electron chi connectivity index (χ4n) is 2.42. The molecule has 2 aliphatic rings. The van der Waals surface area contributed by atoms with Crippen molar-refractivity contribution in [1.82, 2.24) is 15.1 Å². The number of rotatable bonds is 3. The zero-order chi connectivity index (χ0) is 15.6. The number of carboxylic acid groups (broad SMARTS) is 1. The second-order valence-corrected chi connectivity index (χ2v) is 6.16. The molecule has 2 unspecified atom stereocenters. The number of carbonyl (C=O) groups excluding carboxylic acids is 3. The van der Waals surface area contributed by atoms with Crippen molar-refractivity contribution in [3.8, 4) is 0 Å². The average molecular weight is 315 g/mol. The van der Waals surface area contributed by atoms with E-state index in [0.717, 1.165) is 11.3 Å². The van der Waals surface area contributed by atoms with Crippen molar-refractivity contribution in [2.75, 3.05) is 18.8 Å². The lowest BCUT2D eigenvalue weighted by Crippen LogP contribution is -2.59. The molecule has 0 aromatic rings. The lowest BCUT2D eigenvalue weighted by atomic mass is 10.2. The molecular formula is C12H17N3O5S. The molecule has 2 fully saturated rings. The summed E-state index contributed by atoms with van der Waals surface area (Å²) in [6.45, 7) is 1.50. The maximum Gasteiger partial charge on any atom is 0.327 e. The van der Waals surface area contributed by atoms with E-state index >= 15 is 0 Å². The van der Waals surface area contributed by atoms with Crippen LogP contribution in [0, 0.1) is 0 Å². The van der Waals surface area contributed by atoms with Crippen LogP contribution < -0.4 is 5.32 Å². The molecule has 2 aliphatic heterocycles. The molecule has 0 spiro atoms. The van der Waals surface area contributed by atoms with Crippen molar-refractivity contribution in [3.05, 3.63) is 0 Å². The van der Waals surface area contributed by atoms with Crippen molar-refractivity contribution in [3.63, 3.8) is 0 Å². The number of urea groups is 1. The number of nitrogens with one attached hydrogen (secondary N) is 1. The summed E-state index contributed by atoms with van der Waals surface area (Å²) in [6.07, 6.45) is 1.49. The van der Waals surface area contributed by atoms with Gasteiger partial charge in [0, 0.05) is 5.75 Å². The van der Waals surface area contributed by atoms with E-state index in [-0.39, 0.29) is 18.5 Å². The summed E-state index contributed by atoms with van der Waals surface area (Å²) in [5, 5.41) is 11.1. The number of carboxylic acids is 1. The largest absolute Gasteiger partial charge is 0.480 e. The minimum atomic E-state index is -1.07. The zero-order valence-corrected chi connectivity index (χ0v) is 12.4. The van der Waals surface area contributed by atoms with Crippen molar-refractivity contribution < 1.29 is 24.3 Å². The second kappa shape index (κ2) is 6.33. The summed E-state index contributed by atoms with van der Waals surface area (Å²) in [7, 11) is 0. The van der Waals surface area contributed by atoms with Gasteiger partial charge in [0.2, 0.25) is 11.8 Å². The number of thioether (sulfide) groups is 1. The van der Waals surface area contributed by atoms with Crippen molar-refractivity contribution >= 4 is 35.6 Å². The fraction of sp³-hybridized carbons (Fsp3) is 0.667. The summed E-state index contributed by atoms with van der Waals surface area (Å²) in [6, 6.07) is -1.48. The molecule has 2 saturated heterocycles. The van der Waals surface area contributed by atoms with Gasteiger partial charge in [-0.15, -0.1) is 11.8 Å². The predicted molar refractivity (Wildman–Crippen MR) is 74.5 cm³/mol. The third-order valence-electron chi connectivity index (χ3n) is 3.35. The van der Waals surface area contributed by atoms with Gasteiger partial charge in [0.25, 0.3) is 0 Å². The molecule has 8 nitrogen and oxygen atoms in total. The zero-order valence-electron chi connectivity index (χ0n) is 11.6. The molecule has 0 radical (unpaired) electrons. The maximum absolute atomic E-state index is 12.5. The number of hydrogen-bond donors (Lipinski definition) is 2. The summed E-state index contributed by atoms with van der Waals surface area (Å²) in [5.74, 6) is -1.85. The maximum atomic E-state index is 12.5. The van der Waals surface area contributed by atoms with Gasteiger partial charge in [0.15, 0.2) is 0 Å². The molecule has 0 aliphatic carbocycles. The van der Waals surface area contributed by atoms with E-state index in [4.69, 9.17) is 0 Å². The quantitative estimate of drug-likeness (QED) is 0.692.